The summed E-state index contributed by atoms with van der Waals surface area (Å²) >= 11 is 0. The molecule has 7 heteroatoms. The maximum Gasteiger partial charge on any atom is 0.407 e. The Kier molecular flexibility index (Phi) is 5.05. The number of ether oxygens (including phenoxy) is 1. The molecule has 0 radical (unpaired) electrons. The molecule has 0 aliphatic carbocycles. The molecule has 0 saturated heterocycles. The van der Waals surface area contributed by atoms with Gasteiger partial charge < -0.3 is 15.4 Å². The summed E-state index contributed by atoms with van der Waals surface area (Å²) in [6.07, 6.45) is -5.26. The number of alkyl halides is 3. The molecular formula is C9H17F3N2O2. The van der Waals surface area contributed by atoms with Gasteiger partial charge in [-0.15, -0.1) is 0 Å². The van der Waals surface area contributed by atoms with Gasteiger partial charge in [0.15, 0.2) is 0 Å². The van der Waals surface area contributed by atoms with Gasteiger partial charge >= 0.3 is 12.3 Å². The fourth-order valence-electron chi connectivity index (χ4n) is 0.881. The third-order valence-corrected chi connectivity index (χ3v) is 1.59. The van der Waals surface area contributed by atoms with Crippen molar-refractivity contribution >= 4 is 6.09 Å². The van der Waals surface area contributed by atoms with Gasteiger partial charge in [0.1, 0.15) is 11.6 Å². The predicted molar refractivity (Wildman–Crippen MR) is 53.1 cm³/mol. The summed E-state index contributed by atoms with van der Waals surface area (Å²) in [5, 5.41) is 4.12. The van der Waals surface area contributed by atoms with Crippen LogP contribution in [0.1, 0.15) is 20.8 Å². The first-order valence-electron chi connectivity index (χ1n) is 4.77. The van der Waals surface area contributed by atoms with E-state index in [-0.39, 0.29) is 0 Å². The lowest BCUT2D eigenvalue weighted by Gasteiger charge is -2.23. The first-order valence-corrected chi connectivity index (χ1v) is 4.77. The molecule has 0 spiro atoms. The molecule has 16 heavy (non-hydrogen) atoms. The van der Waals surface area contributed by atoms with Crippen LogP contribution in [0.2, 0.25) is 0 Å². The highest BCUT2D eigenvalue weighted by Gasteiger charge is 2.38. The van der Waals surface area contributed by atoms with E-state index in [4.69, 9.17) is 4.74 Å². The van der Waals surface area contributed by atoms with Crippen molar-refractivity contribution in [2.24, 2.45) is 0 Å². The Labute approximate surface area is 92.5 Å². The van der Waals surface area contributed by atoms with E-state index in [9.17, 15) is 18.0 Å². The molecule has 0 bridgehead atoms. The normalized spacial score (nSPS) is 14.4. The van der Waals surface area contributed by atoms with Crippen molar-refractivity contribution in [1.29, 1.82) is 0 Å². The fourth-order valence-corrected chi connectivity index (χ4v) is 0.881. The summed E-state index contributed by atoms with van der Waals surface area (Å²) in [6.45, 7) is 4.33. The lowest BCUT2D eigenvalue weighted by molar-refractivity contribution is -0.153. The smallest absolute Gasteiger partial charge is 0.407 e. The first kappa shape index (κ1) is 15.0. The number of hydrogen-bond acceptors (Lipinski definition) is 3. The second-order valence-corrected chi connectivity index (χ2v) is 4.27. The minimum Gasteiger partial charge on any atom is -0.444 e. The van der Waals surface area contributed by atoms with Crippen molar-refractivity contribution in [3.05, 3.63) is 0 Å². The lowest BCUT2D eigenvalue weighted by atomic mass is 10.2. The molecule has 1 amide bonds. The summed E-state index contributed by atoms with van der Waals surface area (Å²) < 4.78 is 41.6. The molecule has 96 valence electrons. The summed E-state index contributed by atoms with van der Waals surface area (Å²) in [5.74, 6) is 0. The number of carbonyl (C=O) groups excluding carboxylic acids is 1. The highest BCUT2D eigenvalue weighted by atomic mass is 19.4. The molecule has 0 saturated carbocycles. The van der Waals surface area contributed by atoms with Crippen LogP contribution in [-0.2, 0) is 4.74 Å². The molecule has 0 aliphatic rings. The molecule has 1 unspecified atom stereocenters. The number of amides is 1. The Morgan fingerprint density at radius 1 is 1.31 bits per heavy atom. The number of hydrogen-bond donors (Lipinski definition) is 2. The molecule has 0 aromatic carbocycles. The van der Waals surface area contributed by atoms with Crippen LogP contribution < -0.4 is 10.6 Å². The van der Waals surface area contributed by atoms with Gasteiger partial charge in [-0.3, -0.25) is 0 Å². The minimum atomic E-state index is -4.40. The second-order valence-electron chi connectivity index (χ2n) is 4.27. The molecule has 0 aromatic rings. The number of nitrogens with one attached hydrogen (secondary N) is 2. The van der Waals surface area contributed by atoms with Crippen LogP contribution in [0.5, 0.6) is 0 Å². The number of alkyl carbamates (subject to hydrolysis) is 1. The van der Waals surface area contributed by atoms with Crippen molar-refractivity contribution in [2.75, 3.05) is 13.6 Å². The first-order chi connectivity index (χ1) is 7.06. The van der Waals surface area contributed by atoms with Crippen molar-refractivity contribution < 1.29 is 22.7 Å². The third-order valence-electron chi connectivity index (χ3n) is 1.59. The second kappa shape index (κ2) is 5.38. The minimum absolute atomic E-state index is 0.561. The maximum atomic E-state index is 12.3. The van der Waals surface area contributed by atoms with E-state index in [1.807, 2.05) is 0 Å². The van der Waals surface area contributed by atoms with Gasteiger partial charge in [0, 0.05) is 6.54 Å². The average Bonchev–Trinajstić information content (AvgIpc) is 1.98. The van der Waals surface area contributed by atoms with E-state index >= 15 is 0 Å². The van der Waals surface area contributed by atoms with Crippen molar-refractivity contribution in [3.8, 4) is 0 Å². The Morgan fingerprint density at radius 2 is 1.81 bits per heavy atom. The highest BCUT2D eigenvalue weighted by Crippen LogP contribution is 2.19. The number of carbonyl (C=O) groups is 1. The van der Waals surface area contributed by atoms with Crippen LogP contribution in [-0.4, -0.2) is 37.5 Å². The van der Waals surface area contributed by atoms with Gasteiger partial charge in [-0.2, -0.15) is 13.2 Å². The zero-order chi connectivity index (χ0) is 13.0. The van der Waals surface area contributed by atoms with E-state index in [1.54, 1.807) is 20.8 Å². The quantitative estimate of drug-likeness (QED) is 0.791. The maximum absolute atomic E-state index is 12.3. The molecule has 2 N–H and O–H groups in total. The van der Waals surface area contributed by atoms with Gasteiger partial charge in [0.05, 0.1) is 0 Å². The molecule has 0 heterocycles. The third kappa shape index (κ3) is 6.49. The Balaban J connectivity index is 4.09. The highest BCUT2D eigenvalue weighted by molar-refractivity contribution is 5.67. The van der Waals surface area contributed by atoms with Crippen LogP contribution in [0.25, 0.3) is 0 Å². The standard InChI is InChI=1S/C9H17F3N2O2/c1-8(2,3)16-7(15)14-5-6(13-4)9(10,11)12/h6,13H,5H2,1-4H3,(H,14,15). The van der Waals surface area contributed by atoms with E-state index in [2.05, 4.69) is 10.6 Å². The van der Waals surface area contributed by atoms with Gasteiger partial charge in [-0.05, 0) is 27.8 Å². The summed E-state index contributed by atoms with van der Waals surface area (Å²) in [7, 11) is 1.18. The number of halogens is 3. The molecule has 0 aliphatic heterocycles. The van der Waals surface area contributed by atoms with E-state index in [0.29, 0.717) is 0 Å². The van der Waals surface area contributed by atoms with Crippen molar-refractivity contribution in [1.82, 2.24) is 10.6 Å². The molecule has 0 rings (SSSR count). The summed E-state index contributed by atoms with van der Waals surface area (Å²) in [5.41, 5.74) is -0.725. The molecular weight excluding hydrogens is 225 g/mol. The van der Waals surface area contributed by atoms with E-state index in [0.717, 1.165) is 0 Å². The zero-order valence-corrected chi connectivity index (χ0v) is 9.73. The molecule has 0 fully saturated rings. The molecule has 4 nitrogen and oxygen atoms in total. The van der Waals surface area contributed by atoms with Crippen LogP contribution in [0.4, 0.5) is 18.0 Å². The largest absolute Gasteiger partial charge is 0.444 e. The zero-order valence-electron chi connectivity index (χ0n) is 9.73. The van der Waals surface area contributed by atoms with Crippen molar-refractivity contribution in [2.45, 2.75) is 38.6 Å². The predicted octanol–water partition coefficient (Wildman–Crippen LogP) is 1.66. The van der Waals surface area contributed by atoms with Gasteiger partial charge in [0.25, 0.3) is 0 Å². The Bertz CT molecular complexity index is 236. The van der Waals surface area contributed by atoms with Crippen LogP contribution in [0, 0.1) is 0 Å². The van der Waals surface area contributed by atoms with Crippen LogP contribution >= 0.6 is 0 Å². The molecule has 1 atom stereocenters. The van der Waals surface area contributed by atoms with E-state index in [1.165, 1.54) is 7.05 Å². The number of likely N-dealkylation sites (N-methyl/N-ethyl adjacent to an activating group) is 1. The van der Waals surface area contributed by atoms with E-state index < -0.39 is 30.5 Å². The monoisotopic (exact) mass is 242 g/mol. The Hall–Kier alpha value is -0.980. The van der Waals surface area contributed by atoms with Gasteiger partial charge in [-0.1, -0.05) is 0 Å². The molecule has 0 aromatic heterocycles. The van der Waals surface area contributed by atoms with Crippen LogP contribution in [0.3, 0.4) is 0 Å². The SMILES string of the molecule is CNC(CNC(=O)OC(C)(C)C)C(F)(F)F. The lowest BCUT2D eigenvalue weighted by Crippen LogP contribution is -2.49. The van der Waals surface area contributed by atoms with Gasteiger partial charge in [-0.25, -0.2) is 4.79 Å². The van der Waals surface area contributed by atoms with Crippen LogP contribution in [0.15, 0.2) is 0 Å². The average molecular weight is 242 g/mol. The summed E-state index contributed by atoms with van der Waals surface area (Å²) in [6, 6.07) is -1.78. The number of rotatable bonds is 3. The van der Waals surface area contributed by atoms with Crippen molar-refractivity contribution in [3.63, 3.8) is 0 Å². The van der Waals surface area contributed by atoms with Gasteiger partial charge in [0.2, 0.25) is 0 Å². The Morgan fingerprint density at radius 3 is 2.12 bits per heavy atom. The fraction of sp³-hybridized carbons (Fsp3) is 0.889. The topological polar surface area (TPSA) is 50.4 Å². The summed E-state index contributed by atoms with van der Waals surface area (Å²) in [4.78, 5) is 11.1.